The van der Waals surface area contributed by atoms with Gasteiger partial charge in [0.25, 0.3) is 11.9 Å². The molecule has 0 radical (unpaired) electrons. The van der Waals surface area contributed by atoms with Gasteiger partial charge in [-0.1, -0.05) is 29.0 Å². The van der Waals surface area contributed by atoms with E-state index < -0.39 is 23.9 Å². The van der Waals surface area contributed by atoms with Gasteiger partial charge < -0.3 is 15.5 Å². The zero-order valence-corrected chi connectivity index (χ0v) is 12.6. The molecule has 2 rings (SSSR count). The van der Waals surface area contributed by atoms with E-state index in [1.54, 1.807) is 6.92 Å². The average Bonchev–Trinajstić information content (AvgIpc) is 3.18. The van der Waals surface area contributed by atoms with E-state index >= 15 is 0 Å². The summed E-state index contributed by atoms with van der Waals surface area (Å²) in [5.41, 5.74) is 0. The molecule has 3 amide bonds. The Balaban J connectivity index is 1.75. The number of carbonyl (C=O) groups excluding carboxylic acids is 3. The summed E-state index contributed by atoms with van der Waals surface area (Å²) in [4.78, 5) is 39.8. The SMILES string of the molecule is CCC(=O)ON=CCNCC#CC1NC(=O)N(c2nn[nH]n2)C1=O. The number of imide groups is 1. The first-order valence-corrected chi connectivity index (χ1v) is 6.92. The quantitative estimate of drug-likeness (QED) is 0.137. The molecule has 12 heteroatoms. The molecule has 126 valence electrons. The first-order chi connectivity index (χ1) is 11.6. The average molecular weight is 334 g/mol. The number of urea groups is 1. The molecule has 1 atom stereocenters. The number of carbonyl (C=O) groups is 3. The fourth-order valence-electron chi connectivity index (χ4n) is 1.57. The van der Waals surface area contributed by atoms with Crippen LogP contribution in [-0.2, 0) is 14.4 Å². The molecule has 0 aliphatic carbocycles. The molecule has 12 nitrogen and oxygen atoms in total. The molecule has 0 spiro atoms. The number of hydrogen-bond acceptors (Lipinski definition) is 9. The molecule has 1 unspecified atom stereocenters. The summed E-state index contributed by atoms with van der Waals surface area (Å²) in [7, 11) is 0. The molecule has 0 aromatic carbocycles. The highest BCUT2D eigenvalue weighted by atomic mass is 16.7. The molecule has 1 aromatic heterocycles. The molecular weight excluding hydrogens is 320 g/mol. The zero-order chi connectivity index (χ0) is 17.4. The lowest BCUT2D eigenvalue weighted by Gasteiger charge is -2.04. The Morgan fingerprint density at radius 1 is 1.54 bits per heavy atom. The van der Waals surface area contributed by atoms with Gasteiger partial charge in [-0.15, -0.1) is 5.10 Å². The summed E-state index contributed by atoms with van der Waals surface area (Å²) in [6, 6.07) is -1.64. The van der Waals surface area contributed by atoms with Crippen LogP contribution < -0.4 is 15.5 Å². The van der Waals surface area contributed by atoms with Crippen molar-refractivity contribution in [2.45, 2.75) is 19.4 Å². The van der Waals surface area contributed by atoms with Gasteiger partial charge in [0.05, 0.1) is 12.8 Å². The second kappa shape index (κ2) is 8.34. The van der Waals surface area contributed by atoms with Crippen molar-refractivity contribution in [3.05, 3.63) is 0 Å². The third-order valence-corrected chi connectivity index (χ3v) is 2.69. The molecule has 24 heavy (non-hydrogen) atoms. The van der Waals surface area contributed by atoms with Crippen molar-refractivity contribution in [1.29, 1.82) is 0 Å². The molecule has 0 bridgehead atoms. The maximum Gasteiger partial charge on any atom is 0.334 e. The number of hydrogen-bond donors (Lipinski definition) is 3. The molecule has 1 aliphatic heterocycles. The molecule has 3 N–H and O–H groups in total. The first kappa shape index (κ1) is 17.0. The van der Waals surface area contributed by atoms with Gasteiger partial charge in [-0.3, -0.25) is 4.79 Å². The van der Waals surface area contributed by atoms with Gasteiger partial charge in [0.1, 0.15) is 0 Å². The molecular formula is C12H14N8O4. The van der Waals surface area contributed by atoms with Crippen molar-refractivity contribution in [3.8, 4) is 11.8 Å². The van der Waals surface area contributed by atoms with Crippen LogP contribution in [0.25, 0.3) is 0 Å². The van der Waals surface area contributed by atoms with E-state index in [4.69, 9.17) is 0 Å². The van der Waals surface area contributed by atoms with Gasteiger partial charge in [-0.25, -0.2) is 9.59 Å². The van der Waals surface area contributed by atoms with Crippen molar-refractivity contribution < 1.29 is 19.2 Å². The summed E-state index contributed by atoms with van der Waals surface area (Å²) >= 11 is 0. The molecule has 2 heterocycles. The Labute approximate surface area is 136 Å². The number of H-pyrrole nitrogens is 1. The minimum absolute atomic E-state index is 0.141. The lowest BCUT2D eigenvalue weighted by Crippen LogP contribution is -2.32. The van der Waals surface area contributed by atoms with Crippen LogP contribution in [0.5, 0.6) is 0 Å². The van der Waals surface area contributed by atoms with Gasteiger partial charge >= 0.3 is 12.0 Å². The van der Waals surface area contributed by atoms with Crippen molar-refractivity contribution in [1.82, 2.24) is 31.3 Å². The monoisotopic (exact) mass is 334 g/mol. The summed E-state index contributed by atoms with van der Waals surface area (Å²) < 4.78 is 0. The van der Waals surface area contributed by atoms with Gasteiger partial charge in [0.15, 0.2) is 6.04 Å². The minimum Gasteiger partial charge on any atom is -0.319 e. The van der Waals surface area contributed by atoms with Crippen LogP contribution in [0.3, 0.4) is 0 Å². The number of amides is 3. The predicted octanol–water partition coefficient (Wildman–Crippen LogP) is -1.84. The van der Waals surface area contributed by atoms with Crippen LogP contribution in [0.2, 0.25) is 0 Å². The zero-order valence-electron chi connectivity index (χ0n) is 12.6. The highest BCUT2D eigenvalue weighted by Gasteiger charge is 2.40. The third kappa shape index (κ3) is 4.34. The number of nitrogens with one attached hydrogen (secondary N) is 3. The van der Waals surface area contributed by atoms with E-state index in [0.717, 1.165) is 4.90 Å². The van der Waals surface area contributed by atoms with E-state index in [1.165, 1.54) is 6.21 Å². The topological polar surface area (TPSA) is 155 Å². The van der Waals surface area contributed by atoms with Crippen molar-refractivity contribution >= 4 is 30.1 Å². The number of aromatic nitrogens is 4. The number of tetrazole rings is 1. The summed E-state index contributed by atoms with van der Waals surface area (Å²) in [5, 5.41) is 21.3. The maximum atomic E-state index is 12.0. The predicted molar refractivity (Wildman–Crippen MR) is 79.5 cm³/mol. The van der Waals surface area contributed by atoms with E-state index in [9.17, 15) is 14.4 Å². The van der Waals surface area contributed by atoms with Gasteiger partial charge in [0, 0.05) is 13.0 Å². The van der Waals surface area contributed by atoms with Crippen molar-refractivity contribution in [2.24, 2.45) is 5.16 Å². The normalized spacial score (nSPS) is 16.9. The Hall–Kier alpha value is -3.33. The second-order valence-electron chi connectivity index (χ2n) is 4.32. The van der Waals surface area contributed by atoms with E-state index in [0.29, 0.717) is 6.54 Å². The molecule has 1 saturated heterocycles. The van der Waals surface area contributed by atoms with Crippen LogP contribution >= 0.6 is 0 Å². The lowest BCUT2D eigenvalue weighted by molar-refractivity contribution is -0.143. The molecule has 1 aromatic rings. The van der Waals surface area contributed by atoms with Crippen molar-refractivity contribution in [3.63, 3.8) is 0 Å². The highest BCUT2D eigenvalue weighted by molar-refractivity contribution is 6.21. The Morgan fingerprint density at radius 3 is 3.08 bits per heavy atom. The standard InChI is InChI=1S/C12H14N8O4/c1-2-9(21)24-14-7-6-13-5-3-4-8-10(22)20(12(23)15-8)11-16-18-19-17-11/h7-8,13H,2,5-6H2,1H3,(H,15,23)(H,16,17,18,19). The number of aromatic amines is 1. The Bertz CT molecular complexity index is 690. The van der Waals surface area contributed by atoms with Crippen LogP contribution in [-0.4, -0.2) is 63.9 Å². The van der Waals surface area contributed by atoms with Gasteiger partial charge in [0.2, 0.25) is 0 Å². The molecule has 1 fully saturated rings. The van der Waals surface area contributed by atoms with E-state index in [1.807, 2.05) is 0 Å². The molecule has 1 aliphatic rings. The van der Waals surface area contributed by atoms with Crippen LogP contribution in [0.4, 0.5) is 10.7 Å². The fourth-order valence-corrected chi connectivity index (χ4v) is 1.57. The largest absolute Gasteiger partial charge is 0.334 e. The van der Waals surface area contributed by atoms with E-state index in [2.05, 4.69) is 53.1 Å². The fraction of sp³-hybridized carbons (Fsp3) is 0.417. The summed E-state index contributed by atoms with van der Waals surface area (Å²) in [5.74, 6) is 4.17. The number of anilines is 1. The van der Waals surface area contributed by atoms with Gasteiger partial charge in [-0.05, 0) is 5.21 Å². The molecule has 0 saturated carbocycles. The number of rotatable bonds is 6. The van der Waals surface area contributed by atoms with Gasteiger partial charge in [-0.2, -0.15) is 10.1 Å². The van der Waals surface area contributed by atoms with E-state index in [-0.39, 0.29) is 18.9 Å². The van der Waals surface area contributed by atoms with Crippen molar-refractivity contribution in [2.75, 3.05) is 18.0 Å². The minimum atomic E-state index is -0.975. The Kier molecular flexibility index (Phi) is 5.92. The van der Waals surface area contributed by atoms with Crippen LogP contribution in [0, 0.1) is 11.8 Å². The summed E-state index contributed by atoms with van der Waals surface area (Å²) in [6.07, 6.45) is 1.62. The maximum absolute atomic E-state index is 12.0. The first-order valence-electron chi connectivity index (χ1n) is 6.92. The highest BCUT2D eigenvalue weighted by Crippen LogP contribution is 2.12. The second-order valence-corrected chi connectivity index (χ2v) is 4.32. The Morgan fingerprint density at radius 2 is 2.38 bits per heavy atom. The lowest BCUT2D eigenvalue weighted by atomic mass is 10.3. The number of nitrogens with zero attached hydrogens (tertiary/aromatic N) is 5. The van der Waals surface area contributed by atoms with Crippen LogP contribution in [0.15, 0.2) is 5.16 Å². The third-order valence-electron chi connectivity index (χ3n) is 2.69. The smallest absolute Gasteiger partial charge is 0.319 e. The number of oxime groups is 1. The van der Waals surface area contributed by atoms with Crippen LogP contribution in [0.1, 0.15) is 13.3 Å². The summed E-state index contributed by atoms with van der Waals surface area (Å²) in [6.45, 7) is 2.23.